The number of amides is 1. The van der Waals surface area contributed by atoms with E-state index in [0.29, 0.717) is 43.9 Å². The van der Waals surface area contributed by atoms with Crippen molar-refractivity contribution in [1.82, 2.24) is 20.0 Å². The van der Waals surface area contributed by atoms with Crippen LogP contribution in [0.2, 0.25) is 0 Å². The van der Waals surface area contributed by atoms with Crippen molar-refractivity contribution in [3.8, 4) is 0 Å². The fourth-order valence-electron chi connectivity index (χ4n) is 4.75. The Morgan fingerprint density at radius 1 is 1.21 bits per heavy atom. The third kappa shape index (κ3) is 8.25. The van der Waals surface area contributed by atoms with Crippen LogP contribution in [0.25, 0.3) is 6.08 Å². The molecule has 0 spiro atoms. The Hall–Kier alpha value is -2.98. The lowest BCUT2D eigenvalue weighted by Gasteiger charge is -2.38. The number of rotatable bonds is 9. The molecule has 4 rings (SSSR count). The van der Waals surface area contributed by atoms with Crippen LogP contribution in [-0.2, 0) is 20.9 Å². The molecule has 1 saturated carbocycles. The van der Waals surface area contributed by atoms with Gasteiger partial charge in [-0.1, -0.05) is 30.0 Å². The molecule has 2 unspecified atom stereocenters. The summed E-state index contributed by atoms with van der Waals surface area (Å²) >= 11 is 1.28. The summed E-state index contributed by atoms with van der Waals surface area (Å²) < 4.78 is 21.9. The van der Waals surface area contributed by atoms with Crippen LogP contribution >= 0.6 is 11.8 Å². The molecular formula is C29H37FN4O4S. The summed E-state index contributed by atoms with van der Waals surface area (Å²) in [6.07, 6.45) is 5.68. The summed E-state index contributed by atoms with van der Waals surface area (Å²) in [5, 5.41) is 7.32. The van der Waals surface area contributed by atoms with Crippen LogP contribution in [0.1, 0.15) is 64.3 Å². The van der Waals surface area contributed by atoms with Crippen molar-refractivity contribution in [1.29, 1.82) is 0 Å². The molecule has 210 valence electrons. The number of Topliss-reactive ketones (excluding diaryl/α,β-unsaturated/α-hetero) is 1. The Morgan fingerprint density at radius 2 is 1.95 bits per heavy atom. The molecule has 1 aromatic carbocycles. The van der Waals surface area contributed by atoms with Gasteiger partial charge in [0.05, 0.1) is 18.3 Å². The highest BCUT2D eigenvalue weighted by Crippen LogP contribution is 2.40. The van der Waals surface area contributed by atoms with Crippen LogP contribution in [-0.4, -0.2) is 62.2 Å². The number of benzene rings is 1. The number of nitrogens with one attached hydrogen (secondary N) is 1. The van der Waals surface area contributed by atoms with Gasteiger partial charge in [-0.3, -0.25) is 19.2 Å². The fraction of sp³-hybridized carbons (Fsp3) is 0.517. The average Bonchev–Trinajstić information content (AvgIpc) is 3.61. The number of aromatic nitrogens is 2. The number of thioether (sulfide) groups is 1. The molecule has 1 aliphatic carbocycles. The molecule has 1 N–H and O–H groups in total. The van der Waals surface area contributed by atoms with E-state index in [1.54, 1.807) is 29.8 Å². The monoisotopic (exact) mass is 556 g/mol. The first-order valence-electron chi connectivity index (χ1n) is 13.4. The lowest BCUT2D eigenvalue weighted by molar-refractivity contribution is -0.126. The molecule has 1 aromatic heterocycles. The fourth-order valence-corrected chi connectivity index (χ4v) is 5.67. The summed E-state index contributed by atoms with van der Waals surface area (Å²) in [6.45, 7) is 8.83. The largest absolute Gasteiger partial charge is 0.444 e. The number of carbonyl (C=O) groups excluding carboxylic acids is 3. The zero-order chi connectivity index (χ0) is 28.2. The number of ketones is 1. The molecule has 2 fully saturated rings. The Balaban J connectivity index is 1.50. The number of likely N-dealkylation sites (tertiary alicyclic amines) is 1. The van der Waals surface area contributed by atoms with Gasteiger partial charge < -0.3 is 10.1 Å². The first kappa shape index (κ1) is 29.0. The lowest BCUT2D eigenvalue weighted by atomic mass is 9.93. The molecule has 1 saturated heterocycles. The van der Waals surface area contributed by atoms with E-state index in [1.807, 2.05) is 44.0 Å². The molecule has 0 radical (unpaired) electrons. The van der Waals surface area contributed by atoms with E-state index in [4.69, 9.17) is 4.74 Å². The Bertz CT molecular complexity index is 1230. The zero-order valence-electron chi connectivity index (χ0n) is 23.0. The normalized spacial score (nSPS) is 20.0. The maximum absolute atomic E-state index is 14.9. The number of alkyl carbamates (subject to hydrolysis) is 1. The minimum atomic E-state index is -0.651. The second-order valence-corrected chi connectivity index (χ2v) is 12.5. The summed E-state index contributed by atoms with van der Waals surface area (Å²) in [7, 11) is 0. The topological polar surface area (TPSA) is 93.5 Å². The SMILES string of the molecule is CC(=O)SC1CCN(C(C(=O)C2CC2)c2ccccc2F)C/C1=C\c1ccn(CCNC(=O)OC(C)(C)C)n1. The lowest BCUT2D eigenvalue weighted by Crippen LogP contribution is -2.43. The zero-order valence-corrected chi connectivity index (χ0v) is 23.8. The standard InChI is InChI=1S/C29H37FN4O4S/c1-19(35)39-25-12-14-33(26(27(36)20-9-10-20)23-7-5-6-8-24(23)30)18-21(25)17-22-11-15-34(32-22)16-13-31-28(37)38-29(2,3)4/h5-8,11,15,17,20,25-26H,9-10,12-14,16,18H2,1-4H3,(H,31,37)/b21-17+. The number of hydrogen-bond donors (Lipinski definition) is 1. The van der Waals surface area contributed by atoms with E-state index in [2.05, 4.69) is 10.4 Å². The van der Waals surface area contributed by atoms with Crippen molar-refractivity contribution < 1.29 is 23.5 Å². The van der Waals surface area contributed by atoms with Crippen LogP contribution in [0.15, 0.2) is 42.1 Å². The number of ether oxygens (including phenoxy) is 1. The van der Waals surface area contributed by atoms with Crippen LogP contribution < -0.4 is 5.32 Å². The molecule has 8 nitrogen and oxygen atoms in total. The summed E-state index contributed by atoms with van der Waals surface area (Å²) in [5.74, 6) is -0.323. The molecular weight excluding hydrogens is 519 g/mol. The Labute approximate surface area is 233 Å². The smallest absolute Gasteiger partial charge is 0.407 e. The first-order chi connectivity index (χ1) is 18.5. The number of piperidine rings is 1. The number of hydrogen-bond acceptors (Lipinski definition) is 7. The second kappa shape index (κ2) is 12.5. The van der Waals surface area contributed by atoms with Gasteiger partial charge in [0.15, 0.2) is 10.9 Å². The van der Waals surface area contributed by atoms with E-state index in [0.717, 1.165) is 18.4 Å². The second-order valence-electron chi connectivity index (χ2n) is 11.1. The van der Waals surface area contributed by atoms with Crippen molar-refractivity contribution in [3.63, 3.8) is 0 Å². The maximum Gasteiger partial charge on any atom is 0.407 e. The van der Waals surface area contributed by atoms with Crippen molar-refractivity contribution in [2.45, 2.75) is 70.4 Å². The van der Waals surface area contributed by atoms with Gasteiger partial charge >= 0.3 is 6.09 Å². The molecule has 2 atom stereocenters. The maximum atomic E-state index is 14.9. The minimum Gasteiger partial charge on any atom is -0.444 e. The van der Waals surface area contributed by atoms with Crippen molar-refractivity contribution in [2.24, 2.45) is 5.92 Å². The quantitative estimate of drug-likeness (QED) is 0.464. The molecule has 1 amide bonds. The number of nitrogens with zero attached hydrogens (tertiary/aromatic N) is 3. The van der Waals surface area contributed by atoms with Crippen LogP contribution in [0.5, 0.6) is 0 Å². The van der Waals surface area contributed by atoms with Gasteiger partial charge in [0.1, 0.15) is 11.4 Å². The Kier molecular flexibility index (Phi) is 9.27. The Morgan fingerprint density at radius 3 is 2.62 bits per heavy atom. The van der Waals surface area contributed by atoms with Crippen LogP contribution in [0.4, 0.5) is 9.18 Å². The van der Waals surface area contributed by atoms with Gasteiger partial charge in [0.2, 0.25) is 0 Å². The van der Waals surface area contributed by atoms with E-state index in [-0.39, 0.29) is 27.9 Å². The molecule has 1 aliphatic heterocycles. The van der Waals surface area contributed by atoms with Gasteiger partial charge in [0, 0.05) is 49.5 Å². The molecule has 2 aliphatic rings. The third-order valence-electron chi connectivity index (χ3n) is 6.60. The van der Waals surface area contributed by atoms with Crippen molar-refractivity contribution in [3.05, 3.63) is 59.2 Å². The van der Waals surface area contributed by atoms with E-state index < -0.39 is 17.7 Å². The average molecular weight is 557 g/mol. The highest BCUT2D eigenvalue weighted by Gasteiger charge is 2.41. The first-order valence-corrected chi connectivity index (χ1v) is 14.3. The molecule has 2 aromatic rings. The van der Waals surface area contributed by atoms with Crippen LogP contribution in [0.3, 0.4) is 0 Å². The van der Waals surface area contributed by atoms with Gasteiger partial charge in [-0.15, -0.1) is 0 Å². The molecule has 2 heterocycles. The predicted molar refractivity (Wildman–Crippen MR) is 150 cm³/mol. The minimum absolute atomic E-state index is 0.0173. The molecule has 39 heavy (non-hydrogen) atoms. The van der Waals surface area contributed by atoms with E-state index in [1.165, 1.54) is 17.8 Å². The number of halogens is 1. The summed E-state index contributed by atoms with van der Waals surface area (Å²) in [5.41, 5.74) is 1.54. The van der Waals surface area contributed by atoms with Crippen molar-refractivity contribution >= 4 is 34.8 Å². The predicted octanol–water partition coefficient (Wildman–Crippen LogP) is 5.00. The summed E-state index contributed by atoms with van der Waals surface area (Å²) in [4.78, 5) is 39.3. The van der Waals surface area contributed by atoms with Gasteiger partial charge in [-0.2, -0.15) is 5.10 Å². The molecule has 10 heteroatoms. The molecule has 0 bridgehead atoms. The third-order valence-corrected chi connectivity index (χ3v) is 7.76. The highest BCUT2D eigenvalue weighted by molar-refractivity contribution is 8.14. The van der Waals surface area contributed by atoms with Crippen molar-refractivity contribution in [2.75, 3.05) is 19.6 Å². The highest BCUT2D eigenvalue weighted by atomic mass is 32.2. The van der Waals surface area contributed by atoms with Crippen LogP contribution in [0, 0.1) is 11.7 Å². The van der Waals surface area contributed by atoms with Gasteiger partial charge in [-0.05, 0) is 63.8 Å². The van der Waals surface area contributed by atoms with Gasteiger partial charge in [-0.25, -0.2) is 9.18 Å². The van der Waals surface area contributed by atoms with E-state index >= 15 is 0 Å². The van der Waals surface area contributed by atoms with E-state index in [9.17, 15) is 18.8 Å². The summed E-state index contributed by atoms with van der Waals surface area (Å²) in [6, 6.07) is 7.73. The van der Waals surface area contributed by atoms with Gasteiger partial charge in [0.25, 0.3) is 0 Å². The number of carbonyl (C=O) groups is 3.